The van der Waals surface area contributed by atoms with E-state index in [1.807, 2.05) is 69.3 Å². The van der Waals surface area contributed by atoms with Crippen molar-refractivity contribution in [2.45, 2.75) is 82.8 Å². The number of hydrogen-bond acceptors (Lipinski definition) is 4. The van der Waals surface area contributed by atoms with Gasteiger partial charge in [-0.1, -0.05) is 103 Å². The molecule has 5 rings (SSSR count). The summed E-state index contributed by atoms with van der Waals surface area (Å²) in [7, 11) is -4.18. The summed E-state index contributed by atoms with van der Waals surface area (Å²) in [6.07, 6.45) is 5.29. The van der Waals surface area contributed by atoms with Crippen molar-refractivity contribution in [1.82, 2.24) is 10.2 Å². The number of hydrogen-bond donors (Lipinski definition) is 1. The topological polar surface area (TPSA) is 86.8 Å². The number of halogens is 1. The fraction of sp³-hybridized carbons (Fsp3) is 0.333. The number of nitrogens with zero attached hydrogens (tertiary/aromatic N) is 2. The summed E-state index contributed by atoms with van der Waals surface area (Å²) in [4.78, 5) is 30.6. The van der Waals surface area contributed by atoms with Gasteiger partial charge in [0.25, 0.3) is 10.0 Å². The highest BCUT2D eigenvalue weighted by Gasteiger charge is 2.36. The minimum Gasteiger partial charge on any atom is -0.352 e. The zero-order valence-corrected chi connectivity index (χ0v) is 29.4. The molecule has 1 aliphatic carbocycles. The summed E-state index contributed by atoms with van der Waals surface area (Å²) in [5.74, 6) is -0.728. The molecule has 1 fully saturated rings. The van der Waals surface area contributed by atoms with Gasteiger partial charge >= 0.3 is 0 Å². The average molecular weight is 686 g/mol. The van der Waals surface area contributed by atoms with Crippen LogP contribution in [0.2, 0.25) is 5.02 Å². The number of benzene rings is 4. The molecule has 1 aliphatic rings. The molecule has 0 saturated heterocycles. The molecule has 4 aromatic rings. The van der Waals surface area contributed by atoms with E-state index in [4.69, 9.17) is 11.6 Å². The van der Waals surface area contributed by atoms with Crippen molar-refractivity contribution in [3.8, 4) is 0 Å². The molecule has 1 N–H and O–H groups in total. The highest BCUT2D eigenvalue weighted by molar-refractivity contribution is 7.92. The van der Waals surface area contributed by atoms with Crippen LogP contribution in [0.3, 0.4) is 0 Å². The predicted molar refractivity (Wildman–Crippen MR) is 193 cm³/mol. The van der Waals surface area contributed by atoms with Gasteiger partial charge < -0.3 is 10.2 Å². The van der Waals surface area contributed by atoms with Gasteiger partial charge in [0.1, 0.15) is 12.6 Å². The number of aryl methyl sites for hydroxylation is 2. The fourth-order valence-corrected chi connectivity index (χ4v) is 7.84. The molecule has 0 spiro atoms. The quantitative estimate of drug-likeness (QED) is 0.167. The van der Waals surface area contributed by atoms with Crippen LogP contribution < -0.4 is 9.62 Å². The lowest BCUT2D eigenvalue weighted by Crippen LogP contribution is -2.55. The minimum absolute atomic E-state index is 0.0327. The van der Waals surface area contributed by atoms with Gasteiger partial charge in [-0.25, -0.2) is 8.42 Å². The Hall–Kier alpha value is -4.14. The van der Waals surface area contributed by atoms with Crippen LogP contribution in [0, 0.1) is 20.8 Å². The maximum Gasteiger partial charge on any atom is 0.264 e. The second-order valence-corrected chi connectivity index (χ2v) is 15.0. The van der Waals surface area contributed by atoms with Gasteiger partial charge in [-0.3, -0.25) is 13.9 Å². The Bertz CT molecular complexity index is 1810. The average Bonchev–Trinajstić information content (AvgIpc) is 3.08. The largest absolute Gasteiger partial charge is 0.352 e. The van der Waals surface area contributed by atoms with Crippen LogP contribution >= 0.6 is 11.6 Å². The number of carbonyl (C=O) groups is 2. The molecule has 7 nitrogen and oxygen atoms in total. The van der Waals surface area contributed by atoms with Gasteiger partial charge in [0.2, 0.25) is 11.8 Å². The highest BCUT2D eigenvalue weighted by atomic mass is 35.5. The summed E-state index contributed by atoms with van der Waals surface area (Å²) in [6, 6.07) is 28.0. The third kappa shape index (κ3) is 8.65. The lowest BCUT2D eigenvalue weighted by atomic mass is 9.94. The van der Waals surface area contributed by atoms with E-state index in [-0.39, 0.29) is 29.8 Å². The monoisotopic (exact) mass is 685 g/mol. The Morgan fingerprint density at radius 3 is 2.15 bits per heavy atom. The van der Waals surface area contributed by atoms with Gasteiger partial charge in [-0.2, -0.15) is 0 Å². The van der Waals surface area contributed by atoms with Crippen LogP contribution in [0.5, 0.6) is 0 Å². The van der Waals surface area contributed by atoms with Crippen LogP contribution in [-0.2, 0) is 32.6 Å². The smallest absolute Gasteiger partial charge is 0.264 e. The molecule has 252 valence electrons. The van der Waals surface area contributed by atoms with Crippen LogP contribution in [0.15, 0.2) is 102 Å². The lowest BCUT2D eigenvalue weighted by Gasteiger charge is -2.35. The number of amides is 2. The molecule has 48 heavy (non-hydrogen) atoms. The zero-order valence-electron chi connectivity index (χ0n) is 27.9. The molecule has 0 aromatic heterocycles. The Morgan fingerprint density at radius 1 is 0.812 bits per heavy atom. The van der Waals surface area contributed by atoms with Crippen molar-refractivity contribution in [2.75, 3.05) is 10.8 Å². The first-order valence-corrected chi connectivity index (χ1v) is 18.4. The molecule has 9 heteroatoms. The first-order chi connectivity index (χ1) is 23.0. The molecule has 4 aromatic carbocycles. The van der Waals surface area contributed by atoms with E-state index in [2.05, 4.69) is 5.32 Å². The third-order valence-electron chi connectivity index (χ3n) is 9.22. The first-order valence-electron chi connectivity index (χ1n) is 16.6. The Balaban J connectivity index is 1.58. The Kier molecular flexibility index (Phi) is 11.6. The molecule has 0 aliphatic heterocycles. The third-order valence-corrected chi connectivity index (χ3v) is 11.2. The van der Waals surface area contributed by atoms with Crippen LogP contribution in [0.1, 0.15) is 59.9 Å². The van der Waals surface area contributed by atoms with E-state index >= 15 is 0 Å². The van der Waals surface area contributed by atoms with Crippen LogP contribution in [-0.4, -0.2) is 43.8 Å². The molecule has 0 radical (unpaired) electrons. The second-order valence-electron chi connectivity index (χ2n) is 12.7. The van der Waals surface area contributed by atoms with Crippen molar-refractivity contribution in [1.29, 1.82) is 0 Å². The summed E-state index contributed by atoms with van der Waals surface area (Å²) in [5.41, 5.74) is 4.66. The van der Waals surface area contributed by atoms with E-state index < -0.39 is 28.5 Å². The van der Waals surface area contributed by atoms with E-state index in [0.29, 0.717) is 10.7 Å². The summed E-state index contributed by atoms with van der Waals surface area (Å²) < 4.78 is 30.0. The van der Waals surface area contributed by atoms with Gasteiger partial charge in [0.05, 0.1) is 10.6 Å². The molecular formula is C39H44ClN3O4S. The minimum atomic E-state index is -4.18. The molecule has 1 atom stereocenters. The molecule has 2 amide bonds. The number of carbonyl (C=O) groups excluding carboxylic acids is 2. The predicted octanol–water partition coefficient (Wildman–Crippen LogP) is 7.55. The first kappa shape index (κ1) is 35.2. The van der Waals surface area contributed by atoms with Crippen molar-refractivity contribution in [2.24, 2.45) is 0 Å². The number of sulfonamides is 1. The van der Waals surface area contributed by atoms with E-state index in [1.165, 1.54) is 9.21 Å². The van der Waals surface area contributed by atoms with Gasteiger partial charge in [-0.15, -0.1) is 0 Å². The van der Waals surface area contributed by atoms with Crippen molar-refractivity contribution in [3.05, 3.63) is 130 Å². The molecule has 0 unspecified atom stereocenters. The summed E-state index contributed by atoms with van der Waals surface area (Å²) in [5, 5.41) is 3.80. The normalized spacial score (nSPS) is 14.2. The van der Waals surface area contributed by atoms with Crippen molar-refractivity contribution < 1.29 is 18.0 Å². The number of rotatable bonds is 12. The van der Waals surface area contributed by atoms with E-state index in [9.17, 15) is 18.0 Å². The number of anilines is 1. The van der Waals surface area contributed by atoms with Gasteiger partial charge in [-0.05, 0) is 86.2 Å². The molecule has 0 heterocycles. The second kappa shape index (κ2) is 15.8. The van der Waals surface area contributed by atoms with Crippen molar-refractivity contribution in [3.63, 3.8) is 0 Å². The molecule has 1 saturated carbocycles. The fourth-order valence-electron chi connectivity index (χ4n) is 6.24. The Morgan fingerprint density at radius 2 is 1.48 bits per heavy atom. The van der Waals surface area contributed by atoms with Crippen molar-refractivity contribution >= 4 is 39.1 Å². The van der Waals surface area contributed by atoms with E-state index in [1.54, 1.807) is 48.5 Å². The standard InChI is InChI=1S/C39H44ClN3O4S/c1-28-17-23-35(24-18-28)48(46,47)43(36-16-10-11-29(2)30(36)3)27-38(44)42(26-32-19-21-33(40)22-20-32)37(25-31-12-6-4-7-13-31)39(45)41-34-14-8-5-9-15-34/h4,6-7,10-13,16-24,34,37H,5,8-9,14-15,25-27H2,1-3H3,(H,41,45)/t37-/m0/s1. The maximum absolute atomic E-state index is 14.8. The maximum atomic E-state index is 14.8. The SMILES string of the molecule is Cc1ccc(S(=O)(=O)N(CC(=O)N(Cc2ccc(Cl)cc2)[C@@H](Cc2ccccc2)C(=O)NC2CCCCC2)c2cccc(C)c2C)cc1. The van der Waals surface area contributed by atoms with Crippen LogP contribution in [0.25, 0.3) is 0 Å². The summed E-state index contributed by atoms with van der Waals surface area (Å²) >= 11 is 6.20. The summed E-state index contributed by atoms with van der Waals surface area (Å²) in [6.45, 7) is 5.26. The number of nitrogens with one attached hydrogen (secondary N) is 1. The molecule has 0 bridgehead atoms. The zero-order chi connectivity index (χ0) is 34.3. The lowest BCUT2D eigenvalue weighted by molar-refractivity contribution is -0.140. The van der Waals surface area contributed by atoms with E-state index in [0.717, 1.165) is 59.9 Å². The van der Waals surface area contributed by atoms with Crippen LogP contribution in [0.4, 0.5) is 5.69 Å². The Labute approximate surface area is 290 Å². The molecular weight excluding hydrogens is 642 g/mol. The highest BCUT2D eigenvalue weighted by Crippen LogP contribution is 2.30. The van der Waals surface area contributed by atoms with Gasteiger partial charge in [0, 0.05) is 24.0 Å². The van der Waals surface area contributed by atoms with Gasteiger partial charge in [0.15, 0.2) is 0 Å².